The van der Waals surface area contributed by atoms with E-state index in [2.05, 4.69) is 61.7 Å². The molecule has 1 aliphatic heterocycles. The van der Waals surface area contributed by atoms with Gasteiger partial charge in [-0.15, -0.1) is 0 Å². The molecule has 8 nitrogen and oxygen atoms in total. The summed E-state index contributed by atoms with van der Waals surface area (Å²) in [7, 11) is 0. The molecule has 4 unspecified atom stereocenters. The maximum absolute atomic E-state index is 12.7. The summed E-state index contributed by atoms with van der Waals surface area (Å²) in [4.78, 5) is 26.9. The monoisotopic (exact) mass is 571 g/mol. The van der Waals surface area contributed by atoms with E-state index in [1.807, 2.05) is 26.2 Å². The molecule has 176 valence electrons. The minimum Gasteiger partial charge on any atom is -0.365 e. The lowest BCUT2D eigenvalue weighted by Gasteiger charge is -2.24. The van der Waals surface area contributed by atoms with E-state index in [9.17, 15) is 4.79 Å². The van der Waals surface area contributed by atoms with E-state index < -0.39 is 11.2 Å². The van der Waals surface area contributed by atoms with Crippen LogP contribution in [0.25, 0.3) is 11.2 Å². The van der Waals surface area contributed by atoms with Crippen LogP contribution in [0.3, 0.4) is 0 Å². The van der Waals surface area contributed by atoms with Gasteiger partial charge in [0.1, 0.15) is 18.0 Å². The Balaban J connectivity index is 1.24. The summed E-state index contributed by atoms with van der Waals surface area (Å²) in [5.74, 6) is 0.893. The lowest BCUT2D eigenvalue weighted by atomic mass is 9.95. The molecule has 3 heterocycles. The fourth-order valence-electron chi connectivity index (χ4n) is 6.49. The summed E-state index contributed by atoms with van der Waals surface area (Å²) in [5.41, 5.74) is 2.42. The summed E-state index contributed by atoms with van der Waals surface area (Å²) in [6, 6.07) is 10.9. The summed E-state index contributed by atoms with van der Waals surface area (Å²) < 4.78 is 15.4. The Labute approximate surface area is 211 Å². The average Bonchev–Trinajstić information content (AvgIpc) is 3.62. The number of nitrogens with one attached hydrogen (secondary N) is 1. The van der Waals surface area contributed by atoms with Crippen molar-refractivity contribution in [1.29, 1.82) is 0 Å². The molecule has 0 spiro atoms. The van der Waals surface area contributed by atoms with Crippen molar-refractivity contribution in [2.24, 2.45) is 11.3 Å². The summed E-state index contributed by atoms with van der Waals surface area (Å²) in [5, 5.41) is 3.62. The smallest absolute Gasteiger partial charge is 0.194 e. The molecule has 3 aliphatic carbocycles. The normalized spacial score (nSPS) is 36.8. The van der Waals surface area contributed by atoms with Gasteiger partial charge in [0, 0.05) is 34.6 Å². The number of imidazole rings is 1. The number of hydrogen-bond donors (Lipinski definition) is 1. The van der Waals surface area contributed by atoms with Gasteiger partial charge in [-0.25, -0.2) is 15.0 Å². The molecule has 2 aromatic heterocycles. The first kappa shape index (κ1) is 21.2. The standard InChI is InChI=1S/C25H26IN5O3/c1-12(32)25-10-15(25)18(19-20(25)34-24(2,3)33-19)31-11-27-17-21(29-23(26)30-22(17)31)28-16-9-14(16)13-7-5-4-6-8-13/h4-8,11,14-16,18-20H,9-10H2,1-3H3,(H,28,29,30)/t14?,15?,16?,18-,19+,20?,25+/m1/s1. The molecular weight excluding hydrogens is 545 g/mol. The highest BCUT2D eigenvalue weighted by Gasteiger charge is 2.78. The molecule has 0 amide bonds. The maximum Gasteiger partial charge on any atom is 0.194 e. The maximum atomic E-state index is 12.7. The molecule has 1 saturated heterocycles. The van der Waals surface area contributed by atoms with E-state index in [0.29, 0.717) is 15.8 Å². The minimum absolute atomic E-state index is 0.0442. The van der Waals surface area contributed by atoms with Crippen LogP contribution >= 0.6 is 22.6 Å². The van der Waals surface area contributed by atoms with Crippen LogP contribution in [0.2, 0.25) is 0 Å². The molecule has 0 radical (unpaired) electrons. The number of Topliss-reactive ketones (excluding diaryl/α,β-unsaturated/α-hetero) is 1. The molecule has 0 bridgehead atoms. The van der Waals surface area contributed by atoms with Crippen molar-refractivity contribution in [3.63, 3.8) is 0 Å². The van der Waals surface area contributed by atoms with E-state index >= 15 is 0 Å². The lowest BCUT2D eigenvalue weighted by molar-refractivity contribution is -0.163. The topological polar surface area (TPSA) is 91.2 Å². The second kappa shape index (κ2) is 6.98. The number of halogens is 1. The molecule has 3 aromatic rings. The molecule has 3 saturated carbocycles. The third kappa shape index (κ3) is 2.95. The van der Waals surface area contributed by atoms with Crippen LogP contribution in [0, 0.1) is 15.2 Å². The summed E-state index contributed by atoms with van der Waals surface area (Å²) >= 11 is 2.17. The molecule has 4 aliphatic rings. The van der Waals surface area contributed by atoms with Gasteiger partial charge in [0.25, 0.3) is 0 Å². The van der Waals surface area contributed by atoms with Gasteiger partial charge >= 0.3 is 0 Å². The Morgan fingerprint density at radius 3 is 2.76 bits per heavy atom. The third-order valence-corrected chi connectivity index (χ3v) is 8.64. The number of benzene rings is 1. The first-order valence-corrected chi connectivity index (χ1v) is 12.9. The molecule has 4 fully saturated rings. The van der Waals surface area contributed by atoms with Gasteiger partial charge in [-0.05, 0) is 45.1 Å². The van der Waals surface area contributed by atoms with Crippen molar-refractivity contribution >= 4 is 45.4 Å². The highest BCUT2D eigenvalue weighted by Crippen LogP contribution is 2.72. The van der Waals surface area contributed by atoms with Crippen LogP contribution in [-0.2, 0) is 14.3 Å². The zero-order valence-corrected chi connectivity index (χ0v) is 21.4. The number of rotatable bonds is 5. The highest BCUT2D eigenvalue weighted by atomic mass is 127. The van der Waals surface area contributed by atoms with Gasteiger partial charge in [-0.2, -0.15) is 0 Å². The van der Waals surface area contributed by atoms with Gasteiger partial charge in [0.15, 0.2) is 26.6 Å². The number of aromatic nitrogens is 4. The molecule has 34 heavy (non-hydrogen) atoms. The number of anilines is 1. The highest BCUT2D eigenvalue weighted by molar-refractivity contribution is 14.1. The molecule has 7 atom stereocenters. The molecule has 7 rings (SSSR count). The van der Waals surface area contributed by atoms with E-state index in [0.717, 1.165) is 29.8 Å². The van der Waals surface area contributed by atoms with Gasteiger partial charge < -0.3 is 19.4 Å². The molecule has 1 N–H and O–H groups in total. The Kier molecular flexibility index (Phi) is 4.35. The van der Waals surface area contributed by atoms with Crippen molar-refractivity contribution < 1.29 is 14.3 Å². The fraction of sp³-hybridized carbons (Fsp3) is 0.520. The Bertz CT molecular complexity index is 1330. The van der Waals surface area contributed by atoms with Crippen molar-refractivity contribution in [3.05, 3.63) is 46.1 Å². The lowest BCUT2D eigenvalue weighted by Crippen LogP contribution is -2.34. The number of hydrogen-bond acceptors (Lipinski definition) is 7. The number of fused-ring (bicyclic) bond motifs is 4. The largest absolute Gasteiger partial charge is 0.365 e. The van der Waals surface area contributed by atoms with Crippen molar-refractivity contribution in [2.75, 3.05) is 5.32 Å². The second-order valence-corrected chi connectivity index (χ2v) is 11.6. The second-order valence-electron chi connectivity index (χ2n) is 10.6. The van der Waals surface area contributed by atoms with Gasteiger partial charge in [0.05, 0.1) is 17.8 Å². The van der Waals surface area contributed by atoms with Gasteiger partial charge in [-0.3, -0.25) is 4.79 Å². The van der Waals surface area contributed by atoms with Crippen LogP contribution in [0.5, 0.6) is 0 Å². The molecule has 9 heteroatoms. The van der Waals surface area contributed by atoms with Crippen LogP contribution in [-0.4, -0.2) is 49.3 Å². The van der Waals surface area contributed by atoms with Crippen LogP contribution in [0.4, 0.5) is 5.82 Å². The number of ketones is 1. The zero-order valence-electron chi connectivity index (χ0n) is 19.2. The van der Waals surface area contributed by atoms with Crippen molar-refractivity contribution in [1.82, 2.24) is 19.5 Å². The van der Waals surface area contributed by atoms with Crippen LogP contribution in [0.1, 0.15) is 51.1 Å². The number of ether oxygens (including phenoxy) is 2. The Morgan fingerprint density at radius 1 is 1.21 bits per heavy atom. The predicted molar refractivity (Wildman–Crippen MR) is 133 cm³/mol. The summed E-state index contributed by atoms with van der Waals surface area (Å²) in [6.45, 7) is 5.53. The first-order valence-electron chi connectivity index (χ1n) is 11.9. The number of nitrogens with zero attached hydrogens (tertiary/aromatic N) is 4. The zero-order chi connectivity index (χ0) is 23.4. The quantitative estimate of drug-likeness (QED) is 0.365. The predicted octanol–water partition coefficient (Wildman–Crippen LogP) is 4.07. The van der Waals surface area contributed by atoms with E-state index in [4.69, 9.17) is 19.4 Å². The van der Waals surface area contributed by atoms with E-state index in [1.165, 1.54) is 5.56 Å². The van der Waals surface area contributed by atoms with Crippen molar-refractivity contribution in [3.8, 4) is 0 Å². The average molecular weight is 571 g/mol. The van der Waals surface area contributed by atoms with Crippen molar-refractivity contribution in [2.45, 2.75) is 69.6 Å². The Hall–Kier alpha value is -2.11. The van der Waals surface area contributed by atoms with Gasteiger partial charge in [0.2, 0.25) is 0 Å². The minimum atomic E-state index is -0.714. The molecule has 1 aromatic carbocycles. The van der Waals surface area contributed by atoms with Crippen LogP contribution in [0.15, 0.2) is 36.7 Å². The first-order chi connectivity index (χ1) is 16.3. The Morgan fingerprint density at radius 2 is 2.00 bits per heavy atom. The van der Waals surface area contributed by atoms with E-state index in [1.54, 1.807) is 6.92 Å². The number of carbonyl (C=O) groups is 1. The number of carbonyl (C=O) groups excluding carboxylic acids is 1. The van der Waals surface area contributed by atoms with Crippen LogP contribution < -0.4 is 5.32 Å². The van der Waals surface area contributed by atoms with E-state index in [-0.39, 0.29) is 30.0 Å². The SMILES string of the molecule is CC(=O)[C@@]12CC1[C@@H](n1cnc3c(NC4CC4c4ccccc4)nc(I)nc31)[C@@H]1OC(C)(C)OC12. The van der Waals surface area contributed by atoms with Gasteiger partial charge in [-0.1, -0.05) is 30.3 Å². The third-order valence-electron chi connectivity index (χ3n) is 8.16. The summed E-state index contributed by atoms with van der Waals surface area (Å²) in [6.07, 6.45) is 3.30. The molecular formula is C25H26IN5O3. The fourth-order valence-corrected chi connectivity index (χ4v) is 6.96.